The molecule has 0 aliphatic heterocycles. The van der Waals surface area contributed by atoms with Crippen molar-refractivity contribution in [3.63, 3.8) is 0 Å². The van der Waals surface area contributed by atoms with Crippen LogP contribution in [0.4, 0.5) is 0 Å². The second-order valence-corrected chi connectivity index (χ2v) is 4.84. The molecule has 2 unspecified atom stereocenters. The van der Waals surface area contributed by atoms with Crippen molar-refractivity contribution in [1.29, 1.82) is 0 Å². The first-order chi connectivity index (χ1) is 7.81. The predicted molar refractivity (Wildman–Crippen MR) is 66.4 cm³/mol. The molecule has 1 aromatic carbocycles. The van der Waals surface area contributed by atoms with E-state index in [1.807, 2.05) is 0 Å². The van der Waals surface area contributed by atoms with Crippen LogP contribution in [0.15, 0.2) is 30.3 Å². The zero-order chi connectivity index (χ0) is 11.4. The van der Waals surface area contributed by atoms with Gasteiger partial charge in [0.2, 0.25) is 0 Å². The maximum absolute atomic E-state index is 11.4. The average Bonchev–Trinajstić information content (AvgIpc) is 3.07. The molecule has 16 heavy (non-hydrogen) atoms. The van der Waals surface area contributed by atoms with Crippen LogP contribution in [-0.2, 0) is 4.79 Å². The summed E-state index contributed by atoms with van der Waals surface area (Å²) in [5, 5.41) is 0. The van der Waals surface area contributed by atoms with Gasteiger partial charge in [0.05, 0.1) is 0 Å². The second kappa shape index (κ2) is 5.29. The number of hydrogen-bond donors (Lipinski definition) is 0. The van der Waals surface area contributed by atoms with E-state index in [0.717, 1.165) is 37.5 Å². The van der Waals surface area contributed by atoms with Crippen LogP contribution < -0.4 is 0 Å². The molecule has 0 amide bonds. The van der Waals surface area contributed by atoms with Crippen LogP contribution in [0.2, 0.25) is 0 Å². The summed E-state index contributed by atoms with van der Waals surface area (Å²) in [5.41, 5.74) is 1.45. The number of carbonyl (C=O) groups is 1. The van der Waals surface area contributed by atoms with Crippen molar-refractivity contribution >= 4 is 5.78 Å². The summed E-state index contributed by atoms with van der Waals surface area (Å²) >= 11 is 0. The number of Topliss-reactive ketones (excluding diaryl/α,β-unsaturated/α-hetero) is 1. The van der Waals surface area contributed by atoms with E-state index in [0.29, 0.717) is 5.78 Å². The van der Waals surface area contributed by atoms with E-state index >= 15 is 0 Å². The Morgan fingerprint density at radius 1 is 1.25 bits per heavy atom. The Balaban J connectivity index is 1.74. The SMILES string of the molecule is CCCC(=O)CCC1CC1c1ccccc1. The summed E-state index contributed by atoms with van der Waals surface area (Å²) < 4.78 is 0. The van der Waals surface area contributed by atoms with E-state index in [1.165, 1.54) is 12.0 Å². The first-order valence-electron chi connectivity index (χ1n) is 6.38. The third-order valence-corrected chi connectivity index (χ3v) is 3.47. The van der Waals surface area contributed by atoms with Crippen LogP contribution in [0.3, 0.4) is 0 Å². The highest BCUT2D eigenvalue weighted by atomic mass is 16.1. The van der Waals surface area contributed by atoms with E-state index in [4.69, 9.17) is 0 Å². The maximum atomic E-state index is 11.4. The molecule has 1 aliphatic carbocycles. The Morgan fingerprint density at radius 2 is 2.00 bits per heavy atom. The van der Waals surface area contributed by atoms with Crippen LogP contribution in [-0.4, -0.2) is 5.78 Å². The fraction of sp³-hybridized carbons (Fsp3) is 0.533. The topological polar surface area (TPSA) is 17.1 Å². The molecule has 1 nitrogen and oxygen atoms in total. The van der Waals surface area contributed by atoms with Gasteiger partial charge in [0.25, 0.3) is 0 Å². The lowest BCUT2D eigenvalue weighted by Gasteiger charge is -2.00. The van der Waals surface area contributed by atoms with Crippen LogP contribution >= 0.6 is 0 Å². The van der Waals surface area contributed by atoms with Crippen molar-refractivity contribution in [3.8, 4) is 0 Å². The summed E-state index contributed by atoms with van der Waals surface area (Å²) in [6, 6.07) is 10.7. The number of hydrogen-bond acceptors (Lipinski definition) is 1. The quantitative estimate of drug-likeness (QED) is 0.704. The van der Waals surface area contributed by atoms with E-state index in [1.54, 1.807) is 0 Å². The minimum Gasteiger partial charge on any atom is -0.300 e. The molecule has 1 heteroatoms. The van der Waals surface area contributed by atoms with Crippen LogP contribution in [0.25, 0.3) is 0 Å². The van der Waals surface area contributed by atoms with Crippen LogP contribution in [0, 0.1) is 5.92 Å². The van der Waals surface area contributed by atoms with Crippen molar-refractivity contribution in [3.05, 3.63) is 35.9 Å². The molecule has 1 aromatic rings. The van der Waals surface area contributed by atoms with Crippen molar-refractivity contribution < 1.29 is 4.79 Å². The molecule has 86 valence electrons. The van der Waals surface area contributed by atoms with Gasteiger partial charge in [0.1, 0.15) is 5.78 Å². The monoisotopic (exact) mass is 216 g/mol. The average molecular weight is 216 g/mol. The summed E-state index contributed by atoms with van der Waals surface area (Å²) in [6.07, 6.45) is 4.93. The molecule has 0 N–H and O–H groups in total. The summed E-state index contributed by atoms with van der Waals surface area (Å²) in [7, 11) is 0. The lowest BCUT2D eigenvalue weighted by molar-refractivity contribution is -0.119. The third kappa shape index (κ3) is 2.94. The van der Waals surface area contributed by atoms with Gasteiger partial charge in [0.15, 0.2) is 0 Å². The Labute approximate surface area is 97.9 Å². The van der Waals surface area contributed by atoms with Crippen LogP contribution in [0.1, 0.15) is 50.5 Å². The Bertz CT molecular complexity index is 342. The molecule has 0 heterocycles. The molecule has 2 atom stereocenters. The minimum atomic E-state index is 0.446. The molecule has 1 aliphatic rings. The van der Waals surface area contributed by atoms with Gasteiger partial charge in [-0.25, -0.2) is 0 Å². The van der Waals surface area contributed by atoms with Gasteiger partial charge < -0.3 is 0 Å². The van der Waals surface area contributed by atoms with Gasteiger partial charge in [-0.3, -0.25) is 4.79 Å². The summed E-state index contributed by atoms with van der Waals surface area (Å²) in [5.74, 6) is 1.94. The van der Waals surface area contributed by atoms with Gasteiger partial charge in [-0.15, -0.1) is 0 Å². The molecular formula is C15H20O. The molecular weight excluding hydrogens is 196 g/mol. The van der Waals surface area contributed by atoms with Crippen molar-refractivity contribution in [2.75, 3.05) is 0 Å². The molecule has 1 saturated carbocycles. The Hall–Kier alpha value is -1.11. The van der Waals surface area contributed by atoms with Crippen molar-refractivity contribution in [2.24, 2.45) is 5.92 Å². The fourth-order valence-corrected chi connectivity index (χ4v) is 2.43. The third-order valence-electron chi connectivity index (χ3n) is 3.47. The summed E-state index contributed by atoms with van der Waals surface area (Å²) in [6.45, 7) is 2.07. The Kier molecular flexibility index (Phi) is 3.76. The normalized spacial score (nSPS) is 23.1. The molecule has 0 spiro atoms. The van der Waals surface area contributed by atoms with E-state index in [2.05, 4.69) is 37.3 Å². The number of benzene rings is 1. The molecule has 0 aromatic heterocycles. The minimum absolute atomic E-state index is 0.446. The summed E-state index contributed by atoms with van der Waals surface area (Å²) in [4.78, 5) is 11.4. The highest BCUT2D eigenvalue weighted by Crippen LogP contribution is 2.50. The first kappa shape index (κ1) is 11.4. The van der Waals surface area contributed by atoms with Gasteiger partial charge >= 0.3 is 0 Å². The zero-order valence-corrected chi connectivity index (χ0v) is 9.99. The standard InChI is InChI=1S/C15H20O/c1-2-6-14(16)10-9-13-11-15(13)12-7-4-3-5-8-12/h3-5,7-8,13,15H,2,6,9-11H2,1H3. The highest BCUT2D eigenvalue weighted by Gasteiger charge is 2.37. The fourth-order valence-electron chi connectivity index (χ4n) is 2.43. The lowest BCUT2D eigenvalue weighted by atomic mass is 10.0. The van der Waals surface area contributed by atoms with E-state index < -0.39 is 0 Å². The smallest absolute Gasteiger partial charge is 0.132 e. The van der Waals surface area contributed by atoms with E-state index in [-0.39, 0.29) is 0 Å². The van der Waals surface area contributed by atoms with E-state index in [9.17, 15) is 4.79 Å². The molecule has 1 fully saturated rings. The molecule has 0 saturated heterocycles. The number of rotatable bonds is 6. The number of ketones is 1. The molecule has 2 rings (SSSR count). The highest BCUT2D eigenvalue weighted by molar-refractivity contribution is 5.78. The van der Waals surface area contributed by atoms with Crippen molar-refractivity contribution in [1.82, 2.24) is 0 Å². The van der Waals surface area contributed by atoms with Crippen molar-refractivity contribution in [2.45, 2.75) is 44.9 Å². The first-order valence-corrected chi connectivity index (χ1v) is 6.38. The van der Waals surface area contributed by atoms with Gasteiger partial charge in [0, 0.05) is 12.8 Å². The molecule has 0 radical (unpaired) electrons. The van der Waals surface area contributed by atoms with Gasteiger partial charge in [-0.05, 0) is 36.7 Å². The zero-order valence-electron chi connectivity index (χ0n) is 9.99. The van der Waals surface area contributed by atoms with Gasteiger partial charge in [-0.2, -0.15) is 0 Å². The van der Waals surface area contributed by atoms with Gasteiger partial charge in [-0.1, -0.05) is 37.3 Å². The molecule has 0 bridgehead atoms. The van der Waals surface area contributed by atoms with Crippen LogP contribution in [0.5, 0.6) is 0 Å². The largest absolute Gasteiger partial charge is 0.300 e. The maximum Gasteiger partial charge on any atom is 0.132 e. The Morgan fingerprint density at radius 3 is 2.69 bits per heavy atom. The number of carbonyl (C=O) groups excluding carboxylic acids is 1. The predicted octanol–water partition coefficient (Wildman–Crippen LogP) is 3.94. The second-order valence-electron chi connectivity index (χ2n) is 4.84. The lowest BCUT2D eigenvalue weighted by Crippen LogP contribution is -1.97.